The van der Waals surface area contributed by atoms with Gasteiger partial charge in [-0.25, -0.2) is 0 Å². The standard InChI is InChI=1S/C15H20N2S/c16-9-12-4-3-7-17(10-12)11-14-8-13-5-1-2-6-15(13)18-14/h1-2,5-6,8,12H,3-4,7,9-11,16H2. The number of hydrogen-bond acceptors (Lipinski definition) is 3. The van der Waals surface area contributed by atoms with Crippen molar-refractivity contribution in [3.63, 3.8) is 0 Å². The van der Waals surface area contributed by atoms with Crippen LogP contribution < -0.4 is 5.73 Å². The first kappa shape index (κ1) is 12.2. The second-order valence-corrected chi connectivity index (χ2v) is 6.40. The van der Waals surface area contributed by atoms with Crippen molar-refractivity contribution in [1.29, 1.82) is 0 Å². The molecule has 0 bridgehead atoms. The Labute approximate surface area is 112 Å². The van der Waals surface area contributed by atoms with Crippen LogP contribution in [0.2, 0.25) is 0 Å². The topological polar surface area (TPSA) is 29.3 Å². The highest BCUT2D eigenvalue weighted by molar-refractivity contribution is 7.19. The van der Waals surface area contributed by atoms with Crippen molar-refractivity contribution in [1.82, 2.24) is 4.90 Å². The number of nitrogens with two attached hydrogens (primary N) is 1. The van der Waals surface area contributed by atoms with Gasteiger partial charge in [0, 0.05) is 22.7 Å². The van der Waals surface area contributed by atoms with Gasteiger partial charge in [0.1, 0.15) is 0 Å². The summed E-state index contributed by atoms with van der Waals surface area (Å²) in [5.41, 5.74) is 5.80. The van der Waals surface area contributed by atoms with Crippen molar-refractivity contribution >= 4 is 21.4 Å². The molecule has 2 aromatic rings. The number of likely N-dealkylation sites (tertiary alicyclic amines) is 1. The second kappa shape index (κ2) is 5.39. The van der Waals surface area contributed by atoms with Crippen LogP contribution in [0.1, 0.15) is 17.7 Å². The van der Waals surface area contributed by atoms with E-state index in [-0.39, 0.29) is 0 Å². The van der Waals surface area contributed by atoms with Gasteiger partial charge in [-0.1, -0.05) is 18.2 Å². The summed E-state index contributed by atoms with van der Waals surface area (Å²) < 4.78 is 1.40. The maximum absolute atomic E-state index is 5.80. The van der Waals surface area contributed by atoms with Gasteiger partial charge in [-0.3, -0.25) is 4.90 Å². The highest BCUT2D eigenvalue weighted by Crippen LogP contribution is 2.27. The van der Waals surface area contributed by atoms with Crippen LogP contribution in [0.25, 0.3) is 10.1 Å². The predicted octanol–water partition coefficient (Wildman–Crippen LogP) is 3.07. The molecule has 2 N–H and O–H groups in total. The summed E-state index contributed by atoms with van der Waals surface area (Å²) in [6, 6.07) is 11.0. The van der Waals surface area contributed by atoms with Crippen LogP contribution >= 0.6 is 11.3 Å². The van der Waals surface area contributed by atoms with Crippen molar-refractivity contribution in [3.8, 4) is 0 Å². The fraction of sp³-hybridized carbons (Fsp3) is 0.467. The highest BCUT2D eigenvalue weighted by Gasteiger charge is 2.19. The minimum Gasteiger partial charge on any atom is -0.330 e. The van der Waals surface area contributed by atoms with E-state index in [9.17, 15) is 0 Å². The molecule has 0 aliphatic carbocycles. The molecule has 1 aromatic heterocycles. The number of benzene rings is 1. The lowest BCUT2D eigenvalue weighted by molar-refractivity contribution is 0.172. The Balaban J connectivity index is 1.71. The summed E-state index contributed by atoms with van der Waals surface area (Å²) in [5, 5.41) is 1.38. The van der Waals surface area contributed by atoms with Crippen molar-refractivity contribution in [2.45, 2.75) is 19.4 Å². The molecule has 0 saturated carbocycles. The molecule has 3 rings (SSSR count). The van der Waals surface area contributed by atoms with Crippen molar-refractivity contribution in [3.05, 3.63) is 35.2 Å². The molecular formula is C15H20N2S. The highest BCUT2D eigenvalue weighted by atomic mass is 32.1. The van der Waals surface area contributed by atoms with Crippen LogP contribution in [-0.2, 0) is 6.54 Å². The van der Waals surface area contributed by atoms with Crippen LogP contribution in [0.3, 0.4) is 0 Å². The van der Waals surface area contributed by atoms with Crippen LogP contribution in [0.5, 0.6) is 0 Å². The molecule has 1 aliphatic heterocycles. The fourth-order valence-electron chi connectivity index (χ4n) is 2.82. The Kier molecular flexibility index (Phi) is 3.64. The number of piperidine rings is 1. The van der Waals surface area contributed by atoms with Gasteiger partial charge in [0.05, 0.1) is 0 Å². The zero-order chi connectivity index (χ0) is 12.4. The molecule has 0 spiro atoms. The van der Waals surface area contributed by atoms with Crippen molar-refractivity contribution < 1.29 is 0 Å². The first-order valence-electron chi connectivity index (χ1n) is 6.75. The van der Waals surface area contributed by atoms with Gasteiger partial charge in [-0.05, 0) is 49.4 Å². The number of thiophene rings is 1. The third kappa shape index (κ3) is 2.58. The Morgan fingerprint density at radius 3 is 3.06 bits per heavy atom. The summed E-state index contributed by atoms with van der Waals surface area (Å²) in [4.78, 5) is 4.04. The molecule has 18 heavy (non-hydrogen) atoms. The van der Waals surface area contributed by atoms with E-state index in [0.29, 0.717) is 5.92 Å². The average Bonchev–Trinajstić information content (AvgIpc) is 2.81. The third-order valence-electron chi connectivity index (χ3n) is 3.79. The SMILES string of the molecule is NCC1CCCN(Cc2cc3ccccc3s2)C1. The van der Waals surface area contributed by atoms with Gasteiger partial charge in [0.15, 0.2) is 0 Å². The Bertz CT molecular complexity index is 487. The second-order valence-electron chi connectivity index (χ2n) is 5.23. The predicted molar refractivity (Wildman–Crippen MR) is 78.9 cm³/mol. The molecule has 2 nitrogen and oxygen atoms in total. The maximum atomic E-state index is 5.80. The Morgan fingerprint density at radius 2 is 2.22 bits per heavy atom. The van der Waals surface area contributed by atoms with E-state index in [1.807, 2.05) is 11.3 Å². The largest absolute Gasteiger partial charge is 0.330 e. The molecule has 3 heteroatoms. The van der Waals surface area contributed by atoms with E-state index >= 15 is 0 Å². The minimum atomic E-state index is 0.702. The molecule has 2 heterocycles. The number of rotatable bonds is 3. The fourth-order valence-corrected chi connectivity index (χ4v) is 3.93. The molecule has 0 amide bonds. The normalized spacial score (nSPS) is 21.5. The molecule has 1 aromatic carbocycles. The van der Waals surface area contributed by atoms with E-state index in [1.54, 1.807) is 0 Å². The lowest BCUT2D eigenvalue weighted by Crippen LogP contribution is -2.37. The number of fused-ring (bicyclic) bond motifs is 1. The van der Waals surface area contributed by atoms with Crippen molar-refractivity contribution in [2.24, 2.45) is 11.7 Å². The van der Waals surface area contributed by atoms with Gasteiger partial charge in [0.2, 0.25) is 0 Å². The molecule has 0 radical (unpaired) electrons. The molecule has 1 fully saturated rings. The summed E-state index contributed by atoms with van der Waals surface area (Å²) in [6.45, 7) is 4.33. The summed E-state index contributed by atoms with van der Waals surface area (Å²) in [5.74, 6) is 0.702. The first-order valence-corrected chi connectivity index (χ1v) is 7.56. The van der Waals surface area contributed by atoms with Crippen LogP contribution in [0.15, 0.2) is 30.3 Å². The minimum absolute atomic E-state index is 0.702. The van der Waals surface area contributed by atoms with Gasteiger partial charge < -0.3 is 5.73 Å². The molecule has 96 valence electrons. The molecule has 1 unspecified atom stereocenters. The average molecular weight is 260 g/mol. The quantitative estimate of drug-likeness (QED) is 0.919. The van der Waals surface area contributed by atoms with Gasteiger partial charge in [-0.15, -0.1) is 11.3 Å². The number of nitrogens with zero attached hydrogens (tertiary/aromatic N) is 1. The van der Waals surface area contributed by atoms with E-state index in [0.717, 1.165) is 13.1 Å². The zero-order valence-electron chi connectivity index (χ0n) is 10.6. The summed E-state index contributed by atoms with van der Waals surface area (Å²) in [6.07, 6.45) is 2.60. The van der Waals surface area contributed by atoms with Crippen LogP contribution in [-0.4, -0.2) is 24.5 Å². The Morgan fingerprint density at radius 1 is 1.33 bits per heavy atom. The monoisotopic (exact) mass is 260 g/mol. The number of hydrogen-bond donors (Lipinski definition) is 1. The Hall–Kier alpha value is -0.900. The summed E-state index contributed by atoms with van der Waals surface area (Å²) >= 11 is 1.93. The maximum Gasteiger partial charge on any atom is 0.0346 e. The zero-order valence-corrected chi connectivity index (χ0v) is 11.5. The van der Waals surface area contributed by atoms with Crippen LogP contribution in [0, 0.1) is 5.92 Å². The van der Waals surface area contributed by atoms with Gasteiger partial charge in [-0.2, -0.15) is 0 Å². The molecule has 1 saturated heterocycles. The van der Waals surface area contributed by atoms with Crippen LogP contribution in [0.4, 0.5) is 0 Å². The van der Waals surface area contributed by atoms with Gasteiger partial charge >= 0.3 is 0 Å². The van der Waals surface area contributed by atoms with Gasteiger partial charge in [0.25, 0.3) is 0 Å². The van der Waals surface area contributed by atoms with E-state index in [1.165, 1.54) is 40.9 Å². The lowest BCUT2D eigenvalue weighted by Gasteiger charge is -2.31. The van der Waals surface area contributed by atoms with E-state index in [4.69, 9.17) is 5.73 Å². The molecular weight excluding hydrogens is 240 g/mol. The first-order chi connectivity index (χ1) is 8.85. The third-order valence-corrected chi connectivity index (χ3v) is 4.89. The van der Waals surface area contributed by atoms with E-state index in [2.05, 4.69) is 35.2 Å². The van der Waals surface area contributed by atoms with E-state index < -0.39 is 0 Å². The smallest absolute Gasteiger partial charge is 0.0346 e. The molecule has 1 aliphatic rings. The van der Waals surface area contributed by atoms with Crippen molar-refractivity contribution in [2.75, 3.05) is 19.6 Å². The lowest BCUT2D eigenvalue weighted by atomic mass is 9.98. The summed E-state index contributed by atoms with van der Waals surface area (Å²) in [7, 11) is 0. The molecule has 1 atom stereocenters.